The molecule has 0 atom stereocenters. The van der Waals surface area contributed by atoms with Gasteiger partial charge >= 0.3 is 0 Å². The Hall–Kier alpha value is -3.71. The number of nitrogens with zero attached hydrogens (tertiary/aromatic N) is 1. The van der Waals surface area contributed by atoms with Gasteiger partial charge in [-0.15, -0.1) is 0 Å². The van der Waals surface area contributed by atoms with E-state index in [1.165, 1.54) is 0 Å². The second-order valence-electron chi connectivity index (χ2n) is 7.62. The first kappa shape index (κ1) is 21.5. The lowest BCUT2D eigenvalue weighted by Gasteiger charge is -2.13. The van der Waals surface area contributed by atoms with E-state index in [1.54, 1.807) is 24.3 Å². The average Bonchev–Trinajstić information content (AvgIpc) is 3.19. The van der Waals surface area contributed by atoms with Crippen LogP contribution < -0.4 is 15.4 Å². The van der Waals surface area contributed by atoms with Crippen LogP contribution in [0.5, 0.6) is 5.75 Å². The van der Waals surface area contributed by atoms with Crippen LogP contribution >= 0.6 is 12.2 Å². The molecule has 162 valence electrons. The first-order valence-corrected chi connectivity index (χ1v) is 10.7. The number of amides is 1. The number of benzene rings is 3. The van der Waals surface area contributed by atoms with Gasteiger partial charge in [0.25, 0.3) is 5.91 Å². The molecular formula is C25H23N3O3S. The van der Waals surface area contributed by atoms with Crippen LogP contribution in [0.2, 0.25) is 0 Å². The minimum Gasteiger partial charge on any atom is -0.491 e. The van der Waals surface area contributed by atoms with E-state index in [0.29, 0.717) is 17.2 Å². The summed E-state index contributed by atoms with van der Waals surface area (Å²) in [4.78, 5) is 17.1. The Morgan fingerprint density at radius 1 is 1.06 bits per heavy atom. The Morgan fingerprint density at radius 2 is 1.81 bits per heavy atom. The van der Waals surface area contributed by atoms with E-state index in [4.69, 9.17) is 21.4 Å². The number of aromatic nitrogens is 1. The van der Waals surface area contributed by atoms with Crippen LogP contribution in [0.1, 0.15) is 29.8 Å². The van der Waals surface area contributed by atoms with Crippen molar-refractivity contribution in [3.8, 4) is 17.2 Å². The molecule has 4 rings (SSSR count). The maximum atomic E-state index is 12.5. The van der Waals surface area contributed by atoms with Gasteiger partial charge in [-0.05, 0) is 87.1 Å². The fraction of sp³-hybridized carbons (Fsp3) is 0.160. The van der Waals surface area contributed by atoms with Crippen molar-refractivity contribution in [1.82, 2.24) is 10.3 Å². The molecule has 1 aromatic heterocycles. The van der Waals surface area contributed by atoms with Gasteiger partial charge in [0, 0.05) is 16.8 Å². The lowest BCUT2D eigenvalue weighted by molar-refractivity contribution is 0.0977. The molecule has 1 heterocycles. The number of carbonyl (C=O) groups is 1. The largest absolute Gasteiger partial charge is 0.491 e. The van der Waals surface area contributed by atoms with E-state index >= 15 is 0 Å². The van der Waals surface area contributed by atoms with Gasteiger partial charge in [-0.3, -0.25) is 10.1 Å². The molecule has 3 aromatic carbocycles. The summed E-state index contributed by atoms with van der Waals surface area (Å²) in [7, 11) is 0. The van der Waals surface area contributed by atoms with Crippen LogP contribution in [0.3, 0.4) is 0 Å². The third-order valence-electron chi connectivity index (χ3n) is 4.74. The minimum atomic E-state index is -0.300. The number of aryl methyl sites for hydroxylation is 1. The molecule has 4 aromatic rings. The quantitative estimate of drug-likeness (QED) is 0.383. The van der Waals surface area contributed by atoms with Gasteiger partial charge in [-0.25, -0.2) is 4.98 Å². The van der Waals surface area contributed by atoms with Crippen LogP contribution in [0.25, 0.3) is 22.6 Å². The van der Waals surface area contributed by atoms with Gasteiger partial charge < -0.3 is 14.5 Å². The molecule has 0 spiro atoms. The number of fused-ring (bicyclic) bond motifs is 1. The van der Waals surface area contributed by atoms with E-state index in [9.17, 15) is 4.79 Å². The van der Waals surface area contributed by atoms with Crippen molar-refractivity contribution in [3.63, 3.8) is 0 Å². The fourth-order valence-electron chi connectivity index (χ4n) is 3.17. The highest BCUT2D eigenvalue weighted by atomic mass is 32.1. The smallest absolute Gasteiger partial charge is 0.257 e. The number of ether oxygens (including phenoxy) is 1. The van der Waals surface area contributed by atoms with E-state index in [0.717, 1.165) is 27.9 Å². The van der Waals surface area contributed by atoms with E-state index in [1.807, 2.05) is 63.2 Å². The number of thiocarbonyl (C=S) groups is 1. The Kier molecular flexibility index (Phi) is 6.18. The summed E-state index contributed by atoms with van der Waals surface area (Å²) < 4.78 is 11.5. The van der Waals surface area contributed by atoms with Gasteiger partial charge in [-0.1, -0.05) is 18.2 Å². The Morgan fingerprint density at radius 3 is 2.53 bits per heavy atom. The molecule has 1 amide bonds. The Labute approximate surface area is 191 Å². The SMILES string of the molecule is Cc1ccc(-c2nc3ccccc3o2)cc1NC(=S)NC(=O)c1ccc(OC(C)C)cc1. The number of nitrogens with one attached hydrogen (secondary N) is 2. The third kappa shape index (κ3) is 4.95. The Balaban J connectivity index is 1.45. The number of anilines is 1. The molecule has 0 saturated heterocycles. The minimum absolute atomic E-state index is 0.0696. The van der Waals surface area contributed by atoms with Gasteiger partial charge in [-0.2, -0.15) is 0 Å². The summed E-state index contributed by atoms with van der Waals surface area (Å²) in [5.41, 5.74) is 4.55. The summed E-state index contributed by atoms with van der Waals surface area (Å²) in [5, 5.41) is 6.02. The number of rotatable bonds is 5. The van der Waals surface area contributed by atoms with E-state index in [-0.39, 0.29) is 17.1 Å². The maximum absolute atomic E-state index is 12.5. The fourth-order valence-corrected chi connectivity index (χ4v) is 3.37. The van der Waals surface area contributed by atoms with Gasteiger partial charge in [0.05, 0.1) is 6.10 Å². The molecule has 0 aliphatic carbocycles. The predicted octanol–water partition coefficient (Wildman–Crippen LogP) is 5.72. The molecular weight excluding hydrogens is 422 g/mol. The molecule has 0 bridgehead atoms. The highest BCUT2D eigenvalue weighted by Crippen LogP contribution is 2.28. The zero-order valence-electron chi connectivity index (χ0n) is 18.0. The highest BCUT2D eigenvalue weighted by molar-refractivity contribution is 7.80. The summed E-state index contributed by atoms with van der Waals surface area (Å²) >= 11 is 5.36. The topological polar surface area (TPSA) is 76.4 Å². The van der Waals surface area contributed by atoms with Crippen LogP contribution in [0.4, 0.5) is 5.69 Å². The van der Waals surface area contributed by atoms with Crippen molar-refractivity contribution < 1.29 is 13.9 Å². The molecule has 2 N–H and O–H groups in total. The zero-order chi connectivity index (χ0) is 22.7. The molecule has 0 aliphatic rings. The third-order valence-corrected chi connectivity index (χ3v) is 4.95. The summed E-state index contributed by atoms with van der Waals surface area (Å²) in [6, 6.07) is 20.3. The van der Waals surface area contributed by atoms with Gasteiger partial charge in [0.1, 0.15) is 11.3 Å². The second kappa shape index (κ2) is 9.20. The highest BCUT2D eigenvalue weighted by Gasteiger charge is 2.12. The molecule has 0 fully saturated rings. The number of hydrogen-bond donors (Lipinski definition) is 2. The van der Waals surface area contributed by atoms with Crippen LogP contribution in [0, 0.1) is 6.92 Å². The standard InChI is InChI=1S/C25H23N3O3S/c1-15(2)30-19-12-10-17(11-13-19)23(29)28-25(32)27-21-14-18(9-8-16(21)3)24-26-20-6-4-5-7-22(20)31-24/h4-15H,1-3H3,(H2,27,28,29,32). The van der Waals surface area contributed by atoms with Crippen molar-refractivity contribution in [2.24, 2.45) is 0 Å². The Bertz CT molecular complexity index is 1250. The normalized spacial score (nSPS) is 10.9. The van der Waals surface area contributed by atoms with E-state index in [2.05, 4.69) is 15.6 Å². The molecule has 0 radical (unpaired) electrons. The first-order valence-electron chi connectivity index (χ1n) is 10.2. The van der Waals surface area contributed by atoms with Crippen molar-refractivity contribution in [2.45, 2.75) is 26.9 Å². The first-order chi connectivity index (χ1) is 15.4. The number of para-hydroxylation sites is 2. The van der Waals surface area contributed by atoms with Crippen molar-refractivity contribution in [1.29, 1.82) is 0 Å². The second-order valence-corrected chi connectivity index (χ2v) is 8.02. The molecule has 0 aliphatic heterocycles. The van der Waals surface area contributed by atoms with Crippen molar-refractivity contribution in [3.05, 3.63) is 77.9 Å². The van der Waals surface area contributed by atoms with Crippen molar-refractivity contribution in [2.75, 3.05) is 5.32 Å². The average molecular weight is 446 g/mol. The molecule has 6 nitrogen and oxygen atoms in total. The number of carbonyl (C=O) groups excluding carboxylic acids is 1. The molecule has 7 heteroatoms. The lowest BCUT2D eigenvalue weighted by Crippen LogP contribution is -2.34. The van der Waals surface area contributed by atoms with E-state index < -0.39 is 0 Å². The van der Waals surface area contributed by atoms with Gasteiger partial charge in [0.15, 0.2) is 10.7 Å². The maximum Gasteiger partial charge on any atom is 0.257 e. The molecule has 0 saturated carbocycles. The summed E-state index contributed by atoms with van der Waals surface area (Å²) in [5.74, 6) is 0.933. The molecule has 0 unspecified atom stereocenters. The number of hydrogen-bond acceptors (Lipinski definition) is 5. The summed E-state index contributed by atoms with van der Waals surface area (Å²) in [6.07, 6.45) is 0.0696. The van der Waals surface area contributed by atoms with Crippen LogP contribution in [-0.4, -0.2) is 22.1 Å². The number of oxazole rings is 1. The zero-order valence-corrected chi connectivity index (χ0v) is 18.8. The lowest BCUT2D eigenvalue weighted by atomic mass is 10.1. The molecule has 32 heavy (non-hydrogen) atoms. The van der Waals surface area contributed by atoms with Crippen LogP contribution in [0.15, 0.2) is 71.1 Å². The van der Waals surface area contributed by atoms with Crippen molar-refractivity contribution >= 4 is 40.0 Å². The van der Waals surface area contributed by atoms with Crippen LogP contribution in [-0.2, 0) is 0 Å². The van der Waals surface area contributed by atoms with Gasteiger partial charge in [0.2, 0.25) is 5.89 Å². The monoisotopic (exact) mass is 445 g/mol. The summed E-state index contributed by atoms with van der Waals surface area (Å²) in [6.45, 7) is 5.86. The predicted molar refractivity (Wildman–Crippen MR) is 130 cm³/mol.